The Morgan fingerprint density at radius 3 is 2.61 bits per heavy atom. The van der Waals surface area contributed by atoms with Crippen LogP contribution in [-0.4, -0.2) is 36.5 Å². The number of aromatic nitrogens is 2. The van der Waals surface area contributed by atoms with Crippen LogP contribution in [0.2, 0.25) is 0 Å². The summed E-state index contributed by atoms with van der Waals surface area (Å²) >= 11 is 0. The van der Waals surface area contributed by atoms with Crippen LogP contribution in [0.25, 0.3) is 0 Å². The maximum atomic E-state index is 5.68. The summed E-state index contributed by atoms with van der Waals surface area (Å²) in [5.74, 6) is 0.655. The van der Waals surface area contributed by atoms with Gasteiger partial charge in [-0.1, -0.05) is 35.4 Å². The quantitative estimate of drug-likeness (QED) is 0.820. The van der Waals surface area contributed by atoms with Crippen LogP contribution in [-0.2, 0) is 11.2 Å². The lowest BCUT2D eigenvalue weighted by Gasteiger charge is -2.24. The summed E-state index contributed by atoms with van der Waals surface area (Å²) in [6.07, 6.45) is 0.679. The van der Waals surface area contributed by atoms with Gasteiger partial charge < -0.3 is 14.1 Å². The fourth-order valence-electron chi connectivity index (χ4n) is 1.97. The molecule has 2 aromatic rings. The van der Waals surface area contributed by atoms with Crippen molar-refractivity contribution < 1.29 is 9.15 Å². The number of hydrogen-bond acceptors (Lipinski definition) is 5. The Hall–Kier alpha value is -1.88. The molecule has 1 aromatic heterocycles. The van der Waals surface area contributed by atoms with E-state index in [1.807, 2.05) is 18.2 Å². The van der Waals surface area contributed by atoms with E-state index in [1.165, 1.54) is 5.56 Å². The Morgan fingerprint density at radius 2 is 1.83 bits per heavy atom. The third kappa shape index (κ3) is 2.51. The first-order valence-corrected chi connectivity index (χ1v) is 6.11. The first-order valence-electron chi connectivity index (χ1n) is 6.11. The maximum absolute atomic E-state index is 5.68. The van der Waals surface area contributed by atoms with Gasteiger partial charge in [-0.15, -0.1) is 5.10 Å². The third-order valence-corrected chi connectivity index (χ3v) is 2.94. The molecule has 1 fully saturated rings. The van der Waals surface area contributed by atoms with Crippen molar-refractivity contribution in [2.24, 2.45) is 0 Å². The lowest BCUT2D eigenvalue weighted by molar-refractivity contribution is 0.120. The molecule has 1 aliphatic rings. The minimum absolute atomic E-state index is 0.601. The van der Waals surface area contributed by atoms with Gasteiger partial charge in [-0.2, -0.15) is 0 Å². The number of benzene rings is 1. The molecule has 18 heavy (non-hydrogen) atoms. The van der Waals surface area contributed by atoms with Gasteiger partial charge in [0.2, 0.25) is 5.89 Å². The third-order valence-electron chi connectivity index (χ3n) is 2.94. The van der Waals surface area contributed by atoms with E-state index in [9.17, 15) is 0 Å². The minimum atomic E-state index is 0.601. The second-order valence-electron chi connectivity index (χ2n) is 4.24. The molecule has 0 bridgehead atoms. The average molecular weight is 245 g/mol. The van der Waals surface area contributed by atoms with E-state index in [1.54, 1.807) is 0 Å². The second kappa shape index (κ2) is 5.18. The van der Waals surface area contributed by atoms with Crippen molar-refractivity contribution in [1.29, 1.82) is 0 Å². The molecule has 0 saturated carbocycles. The largest absolute Gasteiger partial charge is 0.408 e. The van der Waals surface area contributed by atoms with E-state index < -0.39 is 0 Å². The van der Waals surface area contributed by atoms with Crippen LogP contribution < -0.4 is 4.90 Å². The number of anilines is 1. The summed E-state index contributed by atoms with van der Waals surface area (Å²) in [5, 5.41) is 8.18. The molecule has 94 valence electrons. The molecule has 0 aliphatic carbocycles. The number of nitrogens with zero attached hydrogens (tertiary/aromatic N) is 3. The molecule has 0 radical (unpaired) electrons. The average Bonchev–Trinajstić information content (AvgIpc) is 2.89. The van der Waals surface area contributed by atoms with Crippen molar-refractivity contribution >= 4 is 6.01 Å². The summed E-state index contributed by atoms with van der Waals surface area (Å²) in [5.41, 5.74) is 1.18. The molecule has 2 heterocycles. The van der Waals surface area contributed by atoms with Gasteiger partial charge in [-0.3, -0.25) is 0 Å². The van der Waals surface area contributed by atoms with Crippen LogP contribution in [0.5, 0.6) is 0 Å². The van der Waals surface area contributed by atoms with Gasteiger partial charge in [-0.05, 0) is 5.56 Å². The SMILES string of the molecule is c1ccc(Cc2nnc(N3CCOCC3)o2)cc1. The maximum Gasteiger partial charge on any atom is 0.318 e. The highest BCUT2D eigenvalue weighted by molar-refractivity contribution is 5.25. The summed E-state index contributed by atoms with van der Waals surface area (Å²) < 4.78 is 11.0. The molecule has 0 atom stereocenters. The van der Waals surface area contributed by atoms with Crippen LogP contribution in [0, 0.1) is 0 Å². The molecular formula is C13H15N3O2. The van der Waals surface area contributed by atoms with Gasteiger partial charge in [0, 0.05) is 13.1 Å². The fraction of sp³-hybridized carbons (Fsp3) is 0.385. The molecule has 0 unspecified atom stereocenters. The lowest BCUT2D eigenvalue weighted by Crippen LogP contribution is -2.36. The van der Waals surface area contributed by atoms with Gasteiger partial charge in [-0.25, -0.2) is 0 Å². The Bertz CT molecular complexity index is 492. The van der Waals surface area contributed by atoms with Gasteiger partial charge in [0.1, 0.15) is 0 Å². The Balaban J connectivity index is 1.69. The number of rotatable bonds is 3. The smallest absolute Gasteiger partial charge is 0.318 e. The number of hydrogen-bond donors (Lipinski definition) is 0. The monoisotopic (exact) mass is 245 g/mol. The standard InChI is InChI=1S/C13H15N3O2/c1-2-4-11(5-3-1)10-12-14-15-13(18-12)16-6-8-17-9-7-16/h1-5H,6-10H2. The van der Waals surface area contributed by atoms with E-state index >= 15 is 0 Å². The first-order chi connectivity index (χ1) is 8.92. The highest BCUT2D eigenvalue weighted by Crippen LogP contribution is 2.15. The molecule has 0 N–H and O–H groups in total. The van der Waals surface area contributed by atoms with Crippen LogP contribution in [0.3, 0.4) is 0 Å². The van der Waals surface area contributed by atoms with Crippen LogP contribution in [0.4, 0.5) is 6.01 Å². The Kier molecular flexibility index (Phi) is 3.23. The molecule has 1 aromatic carbocycles. The highest BCUT2D eigenvalue weighted by Gasteiger charge is 2.17. The van der Waals surface area contributed by atoms with Crippen molar-refractivity contribution in [3.8, 4) is 0 Å². The van der Waals surface area contributed by atoms with Gasteiger partial charge in [0.05, 0.1) is 19.6 Å². The van der Waals surface area contributed by atoms with Gasteiger partial charge in [0.15, 0.2) is 0 Å². The summed E-state index contributed by atoms with van der Waals surface area (Å²) in [4.78, 5) is 2.06. The second-order valence-corrected chi connectivity index (χ2v) is 4.24. The number of ether oxygens (including phenoxy) is 1. The Morgan fingerprint density at radius 1 is 1.06 bits per heavy atom. The van der Waals surface area contributed by atoms with Crippen molar-refractivity contribution in [3.63, 3.8) is 0 Å². The zero-order valence-electron chi connectivity index (χ0n) is 10.1. The van der Waals surface area contributed by atoms with Crippen molar-refractivity contribution in [3.05, 3.63) is 41.8 Å². The summed E-state index contributed by atoms with van der Waals surface area (Å²) in [7, 11) is 0. The van der Waals surface area contributed by atoms with Crippen molar-refractivity contribution in [2.45, 2.75) is 6.42 Å². The molecule has 5 nitrogen and oxygen atoms in total. The van der Waals surface area contributed by atoms with Gasteiger partial charge in [0.25, 0.3) is 0 Å². The fourth-order valence-corrected chi connectivity index (χ4v) is 1.97. The molecule has 1 saturated heterocycles. The molecule has 0 spiro atoms. The van der Waals surface area contributed by atoms with E-state index in [0.717, 1.165) is 26.3 Å². The van der Waals surface area contributed by atoms with Crippen LogP contribution >= 0.6 is 0 Å². The highest BCUT2D eigenvalue weighted by atomic mass is 16.5. The van der Waals surface area contributed by atoms with Crippen LogP contribution in [0.1, 0.15) is 11.5 Å². The zero-order chi connectivity index (χ0) is 12.2. The van der Waals surface area contributed by atoms with Gasteiger partial charge >= 0.3 is 6.01 Å². The van der Waals surface area contributed by atoms with Crippen molar-refractivity contribution in [2.75, 3.05) is 31.2 Å². The van der Waals surface area contributed by atoms with Crippen molar-refractivity contribution in [1.82, 2.24) is 10.2 Å². The van der Waals surface area contributed by atoms with E-state index in [-0.39, 0.29) is 0 Å². The molecule has 5 heteroatoms. The Labute approximate surface area is 105 Å². The predicted molar refractivity (Wildman–Crippen MR) is 66.6 cm³/mol. The summed E-state index contributed by atoms with van der Waals surface area (Å²) in [6.45, 7) is 3.06. The van der Waals surface area contributed by atoms with E-state index in [2.05, 4.69) is 27.2 Å². The van der Waals surface area contributed by atoms with E-state index in [0.29, 0.717) is 18.3 Å². The normalized spacial score (nSPS) is 15.9. The lowest BCUT2D eigenvalue weighted by atomic mass is 10.2. The zero-order valence-corrected chi connectivity index (χ0v) is 10.1. The van der Waals surface area contributed by atoms with E-state index in [4.69, 9.17) is 9.15 Å². The molecule has 1 aliphatic heterocycles. The first kappa shape index (κ1) is 11.2. The number of morpholine rings is 1. The molecule has 0 amide bonds. The predicted octanol–water partition coefficient (Wildman–Crippen LogP) is 1.50. The molecule has 3 rings (SSSR count). The summed E-state index contributed by atoms with van der Waals surface area (Å²) in [6, 6.07) is 10.7. The molecular weight excluding hydrogens is 230 g/mol. The topological polar surface area (TPSA) is 51.4 Å². The van der Waals surface area contributed by atoms with Crippen LogP contribution in [0.15, 0.2) is 34.7 Å². The minimum Gasteiger partial charge on any atom is -0.408 e.